The Morgan fingerprint density at radius 2 is 1.65 bits per heavy atom. The molecular weight excluding hydrogens is 291 g/mol. The van der Waals surface area contributed by atoms with Gasteiger partial charge in [0, 0.05) is 12.4 Å². The molecule has 0 aliphatic carbocycles. The molecule has 0 aliphatic rings. The summed E-state index contributed by atoms with van der Waals surface area (Å²) in [5.74, 6) is 0. The summed E-state index contributed by atoms with van der Waals surface area (Å²) in [6.45, 7) is 1.42. The van der Waals surface area contributed by atoms with E-state index in [-0.39, 0.29) is 5.56 Å². The predicted molar refractivity (Wildman–Crippen MR) is 69.4 cm³/mol. The van der Waals surface area contributed by atoms with E-state index in [1.54, 1.807) is 12.1 Å². The van der Waals surface area contributed by atoms with Crippen molar-refractivity contribution in [3.05, 3.63) is 64.4 Å². The van der Waals surface area contributed by atoms with Crippen molar-refractivity contribution in [1.82, 2.24) is 4.98 Å². The summed E-state index contributed by atoms with van der Waals surface area (Å²) in [7, 11) is 0. The number of aliphatic hydroxyl groups is 1. The Hall–Kier alpha value is -1.59. The molecule has 0 fully saturated rings. The SMILES string of the molecule is CC(O)(c1ccncc1)c1ccc(Cl)c(C(F)(F)F)c1. The van der Waals surface area contributed by atoms with Crippen molar-refractivity contribution in [2.24, 2.45) is 0 Å². The first-order valence-corrected chi connectivity index (χ1v) is 6.11. The van der Waals surface area contributed by atoms with Crippen LogP contribution in [0, 0.1) is 0 Å². The van der Waals surface area contributed by atoms with Gasteiger partial charge in [0.15, 0.2) is 0 Å². The Labute approximate surface area is 118 Å². The second-order valence-corrected chi connectivity index (χ2v) is 4.91. The predicted octanol–water partition coefficient (Wildman–Crippen LogP) is 4.01. The van der Waals surface area contributed by atoms with Gasteiger partial charge in [-0.05, 0) is 42.3 Å². The van der Waals surface area contributed by atoms with Crippen LogP contribution in [-0.2, 0) is 11.8 Å². The molecule has 1 aromatic carbocycles. The Morgan fingerprint density at radius 1 is 1.05 bits per heavy atom. The van der Waals surface area contributed by atoms with Crippen molar-refractivity contribution in [2.75, 3.05) is 0 Å². The molecule has 0 spiro atoms. The lowest BCUT2D eigenvalue weighted by molar-refractivity contribution is -0.137. The molecule has 2 nitrogen and oxygen atoms in total. The highest BCUT2D eigenvalue weighted by molar-refractivity contribution is 6.31. The maximum Gasteiger partial charge on any atom is 0.417 e. The van der Waals surface area contributed by atoms with Gasteiger partial charge < -0.3 is 5.11 Å². The first kappa shape index (κ1) is 14.8. The molecule has 0 radical (unpaired) electrons. The quantitative estimate of drug-likeness (QED) is 0.909. The molecule has 0 amide bonds. The van der Waals surface area contributed by atoms with Crippen LogP contribution in [0.4, 0.5) is 13.2 Å². The van der Waals surface area contributed by atoms with Crippen molar-refractivity contribution >= 4 is 11.6 Å². The summed E-state index contributed by atoms with van der Waals surface area (Å²) in [4.78, 5) is 3.81. The van der Waals surface area contributed by atoms with Gasteiger partial charge in [0.05, 0.1) is 10.6 Å². The van der Waals surface area contributed by atoms with Crippen LogP contribution >= 0.6 is 11.6 Å². The molecule has 106 valence electrons. The van der Waals surface area contributed by atoms with E-state index in [1.807, 2.05) is 0 Å². The van der Waals surface area contributed by atoms with Gasteiger partial charge in [-0.25, -0.2) is 0 Å². The van der Waals surface area contributed by atoms with Crippen LogP contribution in [-0.4, -0.2) is 10.1 Å². The third-order valence-electron chi connectivity index (χ3n) is 3.08. The fourth-order valence-electron chi connectivity index (χ4n) is 1.89. The van der Waals surface area contributed by atoms with Crippen LogP contribution in [0.1, 0.15) is 23.6 Å². The van der Waals surface area contributed by atoms with E-state index in [0.29, 0.717) is 5.56 Å². The van der Waals surface area contributed by atoms with Gasteiger partial charge in [-0.15, -0.1) is 0 Å². The molecule has 1 N–H and O–H groups in total. The summed E-state index contributed by atoms with van der Waals surface area (Å²) in [5.41, 5.74) is -1.97. The summed E-state index contributed by atoms with van der Waals surface area (Å²) in [5, 5.41) is 10.1. The Bertz CT molecular complexity index is 612. The van der Waals surface area contributed by atoms with Gasteiger partial charge in [0.2, 0.25) is 0 Å². The number of hydrogen-bond donors (Lipinski definition) is 1. The molecule has 0 saturated heterocycles. The van der Waals surface area contributed by atoms with Gasteiger partial charge in [-0.2, -0.15) is 13.2 Å². The molecule has 0 saturated carbocycles. The van der Waals surface area contributed by atoms with Crippen LogP contribution in [0.25, 0.3) is 0 Å². The van der Waals surface area contributed by atoms with E-state index in [0.717, 1.165) is 12.1 Å². The van der Waals surface area contributed by atoms with Crippen molar-refractivity contribution < 1.29 is 18.3 Å². The van der Waals surface area contributed by atoms with Crippen LogP contribution in [0.3, 0.4) is 0 Å². The van der Waals surface area contributed by atoms with E-state index in [9.17, 15) is 18.3 Å². The Kier molecular flexibility index (Phi) is 3.75. The number of hydrogen-bond acceptors (Lipinski definition) is 2. The van der Waals surface area contributed by atoms with E-state index < -0.39 is 22.4 Å². The molecule has 2 aromatic rings. The van der Waals surface area contributed by atoms with Crippen molar-refractivity contribution in [1.29, 1.82) is 0 Å². The first-order valence-electron chi connectivity index (χ1n) is 5.73. The third kappa shape index (κ3) is 2.78. The highest BCUT2D eigenvalue weighted by Gasteiger charge is 2.35. The van der Waals surface area contributed by atoms with Crippen LogP contribution in [0.5, 0.6) is 0 Å². The summed E-state index contributed by atoms with van der Waals surface area (Å²) in [6, 6.07) is 6.46. The van der Waals surface area contributed by atoms with E-state index in [2.05, 4.69) is 4.98 Å². The first-order chi connectivity index (χ1) is 9.23. The van der Waals surface area contributed by atoms with Crippen LogP contribution < -0.4 is 0 Å². The second-order valence-electron chi connectivity index (χ2n) is 4.50. The lowest BCUT2D eigenvalue weighted by atomic mass is 9.88. The highest BCUT2D eigenvalue weighted by Crippen LogP contribution is 2.38. The average molecular weight is 302 g/mol. The fourth-order valence-corrected chi connectivity index (χ4v) is 2.11. The van der Waals surface area contributed by atoms with Crippen LogP contribution in [0.15, 0.2) is 42.7 Å². The maximum absolute atomic E-state index is 12.8. The van der Waals surface area contributed by atoms with Crippen molar-refractivity contribution in [3.63, 3.8) is 0 Å². The van der Waals surface area contributed by atoms with Gasteiger partial charge >= 0.3 is 6.18 Å². The topological polar surface area (TPSA) is 33.1 Å². The standard InChI is InChI=1S/C14H11ClF3NO/c1-13(20,9-4-6-19-7-5-9)10-2-3-12(15)11(8-10)14(16,17)18/h2-8,20H,1H3. The van der Waals surface area contributed by atoms with Crippen molar-refractivity contribution in [2.45, 2.75) is 18.7 Å². The van der Waals surface area contributed by atoms with Gasteiger partial charge in [-0.1, -0.05) is 17.7 Å². The minimum Gasteiger partial charge on any atom is -0.381 e. The summed E-state index contributed by atoms with van der Waals surface area (Å²) in [6.07, 6.45) is -1.64. The molecule has 1 atom stereocenters. The molecule has 1 unspecified atom stereocenters. The second kappa shape index (κ2) is 5.07. The largest absolute Gasteiger partial charge is 0.417 e. The maximum atomic E-state index is 12.8. The summed E-state index contributed by atoms with van der Waals surface area (Å²) < 4.78 is 38.5. The molecule has 1 heterocycles. The Balaban J connectivity index is 2.54. The highest BCUT2D eigenvalue weighted by atomic mass is 35.5. The number of benzene rings is 1. The lowest BCUT2D eigenvalue weighted by Crippen LogP contribution is -2.23. The van der Waals surface area contributed by atoms with Gasteiger partial charge in [0.25, 0.3) is 0 Å². The zero-order valence-electron chi connectivity index (χ0n) is 10.4. The molecule has 6 heteroatoms. The van der Waals surface area contributed by atoms with Crippen molar-refractivity contribution in [3.8, 4) is 0 Å². The Morgan fingerprint density at radius 3 is 2.20 bits per heavy atom. The smallest absolute Gasteiger partial charge is 0.381 e. The molecular formula is C14H11ClF3NO. The number of alkyl halides is 3. The fraction of sp³-hybridized carbons (Fsp3) is 0.214. The van der Waals surface area contributed by atoms with Gasteiger partial charge in [-0.3, -0.25) is 4.98 Å². The number of pyridine rings is 1. The van der Waals surface area contributed by atoms with Crippen LogP contribution in [0.2, 0.25) is 5.02 Å². The number of aromatic nitrogens is 1. The molecule has 2 rings (SSSR count). The minimum atomic E-state index is -4.57. The molecule has 0 bridgehead atoms. The van der Waals surface area contributed by atoms with E-state index in [4.69, 9.17) is 11.6 Å². The van der Waals surface area contributed by atoms with E-state index >= 15 is 0 Å². The third-order valence-corrected chi connectivity index (χ3v) is 3.41. The summed E-state index contributed by atoms with van der Waals surface area (Å²) >= 11 is 5.57. The minimum absolute atomic E-state index is 0.112. The lowest BCUT2D eigenvalue weighted by Gasteiger charge is -2.25. The normalized spacial score (nSPS) is 14.9. The zero-order valence-corrected chi connectivity index (χ0v) is 11.2. The molecule has 1 aromatic heterocycles. The number of nitrogens with zero attached hydrogens (tertiary/aromatic N) is 1. The monoisotopic (exact) mass is 301 g/mol. The molecule has 0 aliphatic heterocycles. The number of rotatable bonds is 2. The van der Waals surface area contributed by atoms with E-state index in [1.165, 1.54) is 25.4 Å². The average Bonchev–Trinajstić information content (AvgIpc) is 2.38. The number of halogens is 4. The molecule has 20 heavy (non-hydrogen) atoms. The van der Waals surface area contributed by atoms with Gasteiger partial charge in [0.1, 0.15) is 5.60 Å². The zero-order chi connectivity index (χ0) is 15.0.